The second-order valence-corrected chi connectivity index (χ2v) is 3.77. The quantitative estimate of drug-likeness (QED) is 0.858. The summed E-state index contributed by atoms with van der Waals surface area (Å²) in [5, 5.41) is 9.44. The number of aliphatic hydroxyl groups is 1. The lowest BCUT2D eigenvalue weighted by Crippen LogP contribution is -2.19. The third-order valence-electron chi connectivity index (χ3n) is 2.28. The van der Waals surface area contributed by atoms with Crippen molar-refractivity contribution in [1.29, 1.82) is 0 Å². The maximum absolute atomic E-state index is 12.3. The highest BCUT2D eigenvalue weighted by molar-refractivity contribution is 5.28. The van der Waals surface area contributed by atoms with E-state index in [0.717, 1.165) is 12.1 Å². The average Bonchev–Trinajstić information content (AvgIpc) is 2.33. The Morgan fingerprint density at radius 1 is 1.22 bits per heavy atom. The molecule has 1 unspecified atom stereocenters. The highest BCUT2D eigenvalue weighted by atomic mass is 19.4. The van der Waals surface area contributed by atoms with Gasteiger partial charge in [0.05, 0.1) is 11.7 Å². The lowest BCUT2D eigenvalue weighted by atomic mass is 10.2. The fourth-order valence-electron chi connectivity index (χ4n) is 1.27. The number of benzene rings is 1. The molecule has 1 atom stereocenters. The number of ether oxygens (including phenoxy) is 2. The molecule has 3 nitrogen and oxygen atoms in total. The minimum atomic E-state index is -4.35. The van der Waals surface area contributed by atoms with Crippen LogP contribution in [0.3, 0.4) is 0 Å². The lowest BCUT2D eigenvalue weighted by Gasteiger charge is -2.12. The maximum atomic E-state index is 12.3. The van der Waals surface area contributed by atoms with Gasteiger partial charge in [0, 0.05) is 13.7 Å². The lowest BCUT2D eigenvalue weighted by molar-refractivity contribution is -0.137. The van der Waals surface area contributed by atoms with Crippen molar-refractivity contribution < 1.29 is 27.8 Å². The molecular formula is C12H15F3O3. The molecule has 0 spiro atoms. The predicted molar refractivity (Wildman–Crippen MR) is 59.4 cm³/mol. The van der Waals surface area contributed by atoms with Crippen LogP contribution in [0.5, 0.6) is 5.75 Å². The summed E-state index contributed by atoms with van der Waals surface area (Å²) in [5.41, 5.74) is -0.727. The molecule has 1 rings (SSSR count). The molecule has 0 radical (unpaired) electrons. The van der Waals surface area contributed by atoms with Crippen LogP contribution in [0.1, 0.15) is 12.0 Å². The summed E-state index contributed by atoms with van der Waals surface area (Å²) in [7, 11) is 1.52. The SMILES string of the molecule is COCCC(O)COc1ccc(C(F)(F)F)cc1. The van der Waals surface area contributed by atoms with Crippen LogP contribution in [-0.2, 0) is 10.9 Å². The van der Waals surface area contributed by atoms with E-state index in [1.165, 1.54) is 19.2 Å². The van der Waals surface area contributed by atoms with Crippen molar-refractivity contribution in [2.75, 3.05) is 20.3 Å². The second kappa shape index (κ2) is 6.61. The van der Waals surface area contributed by atoms with Crippen molar-refractivity contribution in [3.8, 4) is 5.75 Å². The van der Waals surface area contributed by atoms with Crippen molar-refractivity contribution in [3.63, 3.8) is 0 Å². The third kappa shape index (κ3) is 4.93. The standard InChI is InChI=1S/C12H15F3O3/c1-17-7-6-10(16)8-18-11-4-2-9(3-5-11)12(13,14)15/h2-5,10,16H,6-8H2,1H3. The maximum Gasteiger partial charge on any atom is 0.416 e. The first-order chi connectivity index (χ1) is 8.43. The van der Waals surface area contributed by atoms with E-state index in [4.69, 9.17) is 9.47 Å². The van der Waals surface area contributed by atoms with Crippen molar-refractivity contribution in [2.24, 2.45) is 0 Å². The molecule has 0 fully saturated rings. The number of rotatable bonds is 6. The summed E-state index contributed by atoms with van der Waals surface area (Å²) in [6, 6.07) is 4.34. The molecular weight excluding hydrogens is 249 g/mol. The highest BCUT2D eigenvalue weighted by Gasteiger charge is 2.29. The molecule has 0 aromatic heterocycles. The molecule has 1 N–H and O–H groups in total. The topological polar surface area (TPSA) is 38.7 Å². The van der Waals surface area contributed by atoms with E-state index < -0.39 is 17.8 Å². The minimum absolute atomic E-state index is 0.0225. The summed E-state index contributed by atoms with van der Waals surface area (Å²) in [6.07, 6.45) is -4.64. The molecule has 0 saturated carbocycles. The van der Waals surface area contributed by atoms with Crippen LogP contribution in [0.25, 0.3) is 0 Å². The van der Waals surface area contributed by atoms with Gasteiger partial charge in [0.1, 0.15) is 12.4 Å². The van der Waals surface area contributed by atoms with Crippen LogP contribution in [0.2, 0.25) is 0 Å². The summed E-state index contributed by atoms with van der Waals surface area (Å²) < 4.78 is 46.8. The number of methoxy groups -OCH3 is 1. The second-order valence-electron chi connectivity index (χ2n) is 3.77. The zero-order valence-electron chi connectivity index (χ0n) is 9.91. The summed E-state index contributed by atoms with van der Waals surface area (Å²) in [6.45, 7) is 0.423. The Morgan fingerprint density at radius 2 is 1.83 bits per heavy atom. The van der Waals surface area contributed by atoms with Crippen LogP contribution in [0, 0.1) is 0 Å². The number of alkyl halides is 3. The zero-order valence-corrected chi connectivity index (χ0v) is 9.91. The monoisotopic (exact) mass is 264 g/mol. The van der Waals surface area contributed by atoms with E-state index in [9.17, 15) is 18.3 Å². The largest absolute Gasteiger partial charge is 0.491 e. The molecule has 0 aliphatic heterocycles. The number of hydrogen-bond donors (Lipinski definition) is 1. The Bertz CT molecular complexity index is 349. The van der Waals surface area contributed by atoms with Crippen LogP contribution >= 0.6 is 0 Å². The molecule has 18 heavy (non-hydrogen) atoms. The van der Waals surface area contributed by atoms with Gasteiger partial charge in [-0.1, -0.05) is 0 Å². The first-order valence-electron chi connectivity index (χ1n) is 5.40. The number of hydrogen-bond acceptors (Lipinski definition) is 3. The highest BCUT2D eigenvalue weighted by Crippen LogP contribution is 2.30. The normalized spacial score (nSPS) is 13.4. The van der Waals surface area contributed by atoms with Gasteiger partial charge in [-0.15, -0.1) is 0 Å². The van der Waals surface area contributed by atoms with Gasteiger partial charge in [-0.3, -0.25) is 0 Å². The fraction of sp³-hybridized carbons (Fsp3) is 0.500. The van der Waals surface area contributed by atoms with E-state index in [1.807, 2.05) is 0 Å². The Hall–Kier alpha value is -1.27. The van der Waals surface area contributed by atoms with Gasteiger partial charge < -0.3 is 14.6 Å². The van der Waals surface area contributed by atoms with Crippen molar-refractivity contribution >= 4 is 0 Å². The van der Waals surface area contributed by atoms with Crippen LogP contribution in [-0.4, -0.2) is 31.5 Å². The number of aliphatic hydroxyl groups excluding tert-OH is 1. The molecule has 1 aromatic rings. The van der Waals surface area contributed by atoms with Gasteiger partial charge in [0.25, 0.3) is 0 Å². The molecule has 0 aliphatic carbocycles. The van der Waals surface area contributed by atoms with Gasteiger partial charge >= 0.3 is 6.18 Å². The first kappa shape index (κ1) is 14.8. The van der Waals surface area contributed by atoms with E-state index in [-0.39, 0.29) is 6.61 Å². The summed E-state index contributed by atoms with van der Waals surface area (Å²) in [5.74, 6) is 0.291. The first-order valence-corrected chi connectivity index (χ1v) is 5.40. The molecule has 0 aliphatic rings. The Balaban J connectivity index is 2.44. The minimum Gasteiger partial charge on any atom is -0.491 e. The Morgan fingerprint density at radius 3 is 2.33 bits per heavy atom. The third-order valence-corrected chi connectivity index (χ3v) is 2.28. The Kier molecular flexibility index (Phi) is 5.43. The van der Waals surface area contributed by atoms with Gasteiger partial charge in [-0.25, -0.2) is 0 Å². The van der Waals surface area contributed by atoms with Crippen molar-refractivity contribution in [2.45, 2.75) is 18.7 Å². The van der Waals surface area contributed by atoms with Gasteiger partial charge in [0.2, 0.25) is 0 Å². The van der Waals surface area contributed by atoms with Crippen LogP contribution < -0.4 is 4.74 Å². The van der Waals surface area contributed by atoms with E-state index in [0.29, 0.717) is 18.8 Å². The van der Waals surface area contributed by atoms with Crippen molar-refractivity contribution in [3.05, 3.63) is 29.8 Å². The van der Waals surface area contributed by atoms with E-state index >= 15 is 0 Å². The van der Waals surface area contributed by atoms with Crippen LogP contribution in [0.15, 0.2) is 24.3 Å². The van der Waals surface area contributed by atoms with E-state index in [1.54, 1.807) is 0 Å². The number of halogens is 3. The van der Waals surface area contributed by atoms with Crippen LogP contribution in [0.4, 0.5) is 13.2 Å². The van der Waals surface area contributed by atoms with Crippen molar-refractivity contribution in [1.82, 2.24) is 0 Å². The Labute approximate surface area is 103 Å². The molecule has 6 heteroatoms. The average molecular weight is 264 g/mol. The molecule has 0 bridgehead atoms. The molecule has 102 valence electrons. The molecule has 0 saturated heterocycles. The summed E-state index contributed by atoms with van der Waals surface area (Å²) >= 11 is 0. The molecule has 1 aromatic carbocycles. The summed E-state index contributed by atoms with van der Waals surface area (Å²) in [4.78, 5) is 0. The predicted octanol–water partition coefficient (Wildman–Crippen LogP) is 2.48. The van der Waals surface area contributed by atoms with Gasteiger partial charge in [0.15, 0.2) is 0 Å². The fourth-order valence-corrected chi connectivity index (χ4v) is 1.27. The van der Waals surface area contributed by atoms with E-state index in [2.05, 4.69) is 0 Å². The van der Waals surface area contributed by atoms with Gasteiger partial charge in [-0.05, 0) is 30.7 Å². The molecule has 0 amide bonds. The molecule has 0 heterocycles. The van der Waals surface area contributed by atoms with Gasteiger partial charge in [-0.2, -0.15) is 13.2 Å². The smallest absolute Gasteiger partial charge is 0.416 e. The zero-order chi connectivity index (χ0) is 13.6.